The number of urea groups is 1. The molecule has 1 atom stereocenters. The third-order valence-corrected chi connectivity index (χ3v) is 7.00. The Balaban J connectivity index is 1.41. The Morgan fingerprint density at radius 3 is 2.48 bits per heavy atom. The number of amides is 3. The Kier molecular flexibility index (Phi) is 4.96. The van der Waals surface area contributed by atoms with Crippen LogP contribution < -0.4 is 5.32 Å². The maximum absolute atomic E-state index is 13.4. The fourth-order valence-corrected chi connectivity index (χ4v) is 5.17. The van der Waals surface area contributed by atoms with Crippen molar-refractivity contribution in [3.8, 4) is 5.69 Å². The molecule has 33 heavy (non-hydrogen) atoms. The molecule has 0 saturated carbocycles. The summed E-state index contributed by atoms with van der Waals surface area (Å²) < 4.78 is 2.01. The van der Waals surface area contributed by atoms with E-state index in [1.165, 1.54) is 11.1 Å². The number of hydrogen-bond donors (Lipinski definition) is 1. The summed E-state index contributed by atoms with van der Waals surface area (Å²) in [5, 5.41) is 2.83. The quantitative estimate of drug-likeness (QED) is 0.476. The van der Waals surface area contributed by atoms with E-state index in [0.717, 1.165) is 46.8 Å². The first kappa shape index (κ1) is 21.2. The van der Waals surface area contributed by atoms with E-state index in [1.807, 2.05) is 66.9 Å². The highest BCUT2D eigenvalue weighted by Gasteiger charge is 2.49. The number of nitrogens with one attached hydrogen (secondary N) is 1. The Bertz CT molecular complexity index is 1290. The molecule has 2 aliphatic rings. The van der Waals surface area contributed by atoms with Gasteiger partial charge in [-0.25, -0.2) is 4.79 Å². The van der Waals surface area contributed by atoms with Gasteiger partial charge in [-0.3, -0.25) is 14.5 Å². The van der Waals surface area contributed by atoms with Crippen LogP contribution >= 0.6 is 0 Å². The molecule has 1 aliphatic heterocycles. The normalized spacial score (nSPS) is 19.7. The highest BCUT2D eigenvalue weighted by atomic mass is 16.2. The van der Waals surface area contributed by atoms with Crippen molar-refractivity contribution in [3.63, 3.8) is 0 Å². The minimum absolute atomic E-state index is 0.257. The molecule has 5 rings (SSSR count). The van der Waals surface area contributed by atoms with Crippen LogP contribution in [0.25, 0.3) is 5.69 Å². The lowest BCUT2D eigenvalue weighted by atomic mass is 9.89. The van der Waals surface area contributed by atoms with Gasteiger partial charge in [0.15, 0.2) is 5.78 Å². The van der Waals surface area contributed by atoms with E-state index in [0.29, 0.717) is 5.56 Å². The van der Waals surface area contributed by atoms with Crippen LogP contribution in [0.4, 0.5) is 4.79 Å². The van der Waals surface area contributed by atoms with Crippen LogP contribution in [0.15, 0.2) is 54.6 Å². The van der Waals surface area contributed by atoms with Crippen molar-refractivity contribution in [2.75, 3.05) is 6.54 Å². The zero-order valence-corrected chi connectivity index (χ0v) is 19.1. The van der Waals surface area contributed by atoms with Crippen LogP contribution in [0.3, 0.4) is 0 Å². The van der Waals surface area contributed by atoms with Gasteiger partial charge in [0.2, 0.25) is 0 Å². The molecule has 2 aromatic carbocycles. The topological polar surface area (TPSA) is 71.4 Å². The summed E-state index contributed by atoms with van der Waals surface area (Å²) in [5.74, 6) is -0.650. The molecule has 1 fully saturated rings. The summed E-state index contributed by atoms with van der Waals surface area (Å²) in [7, 11) is 0. The predicted molar refractivity (Wildman–Crippen MR) is 126 cm³/mol. The number of aromatic nitrogens is 1. The van der Waals surface area contributed by atoms with Crippen molar-refractivity contribution < 1.29 is 14.4 Å². The highest BCUT2D eigenvalue weighted by Crippen LogP contribution is 2.33. The second-order valence-electron chi connectivity index (χ2n) is 9.16. The molecule has 6 nitrogen and oxygen atoms in total. The average Bonchev–Trinajstić information content (AvgIpc) is 3.45. The molecule has 1 aliphatic carbocycles. The van der Waals surface area contributed by atoms with E-state index in [1.54, 1.807) is 6.92 Å². The fraction of sp³-hybridized carbons (Fsp3) is 0.296. The molecule has 1 saturated heterocycles. The van der Waals surface area contributed by atoms with Crippen LogP contribution in [0.2, 0.25) is 0 Å². The summed E-state index contributed by atoms with van der Waals surface area (Å²) in [6.45, 7) is 5.25. The lowest BCUT2D eigenvalue weighted by Gasteiger charge is -2.23. The smallest absolute Gasteiger partial charge is 0.319 e. The van der Waals surface area contributed by atoms with Gasteiger partial charge in [0.1, 0.15) is 5.54 Å². The fourth-order valence-electron chi connectivity index (χ4n) is 5.17. The molecule has 0 radical (unpaired) electrons. The molecule has 0 unspecified atom stereocenters. The van der Waals surface area contributed by atoms with Gasteiger partial charge in [-0.05, 0) is 74.9 Å². The number of para-hydroxylation sites is 1. The molecule has 3 aromatic rings. The molecule has 2 heterocycles. The van der Waals surface area contributed by atoms with Gasteiger partial charge < -0.3 is 9.88 Å². The summed E-state index contributed by atoms with van der Waals surface area (Å²) in [6, 6.07) is 17.1. The van der Waals surface area contributed by atoms with Gasteiger partial charge in [0.25, 0.3) is 5.91 Å². The van der Waals surface area contributed by atoms with Gasteiger partial charge in [0, 0.05) is 22.6 Å². The molecule has 6 heteroatoms. The number of imide groups is 1. The number of carbonyl (C=O) groups excluding carboxylic acids is 3. The largest absolute Gasteiger partial charge is 0.325 e. The van der Waals surface area contributed by atoms with Crippen LogP contribution in [-0.2, 0) is 23.2 Å². The monoisotopic (exact) mass is 441 g/mol. The van der Waals surface area contributed by atoms with Gasteiger partial charge in [0.05, 0.1) is 6.54 Å². The van der Waals surface area contributed by atoms with Crippen molar-refractivity contribution in [2.45, 2.75) is 45.6 Å². The molecular formula is C27H27N3O3. The van der Waals surface area contributed by atoms with Crippen LogP contribution in [0, 0.1) is 13.8 Å². The number of nitrogens with zero attached hydrogens (tertiary/aromatic N) is 2. The summed E-state index contributed by atoms with van der Waals surface area (Å²) in [4.78, 5) is 40.4. The van der Waals surface area contributed by atoms with Crippen molar-refractivity contribution in [1.82, 2.24) is 14.8 Å². The number of aryl methyl sites for hydroxylation is 3. The van der Waals surface area contributed by atoms with Crippen molar-refractivity contribution in [1.29, 1.82) is 0 Å². The first-order valence-electron chi connectivity index (χ1n) is 11.3. The van der Waals surface area contributed by atoms with Crippen molar-refractivity contribution in [2.24, 2.45) is 0 Å². The number of hydrogen-bond acceptors (Lipinski definition) is 3. The number of ketones is 1. The number of Topliss-reactive ketones (excluding diaryl/α,β-unsaturated/α-hetero) is 1. The Hall–Kier alpha value is -3.67. The Labute approximate surface area is 193 Å². The molecule has 3 amide bonds. The lowest BCUT2D eigenvalue weighted by molar-refractivity contribution is -0.130. The minimum atomic E-state index is -1.17. The molecular weight excluding hydrogens is 414 g/mol. The third kappa shape index (κ3) is 3.37. The predicted octanol–water partition coefficient (Wildman–Crippen LogP) is 4.23. The summed E-state index contributed by atoms with van der Waals surface area (Å²) in [5.41, 5.74) is 5.32. The molecule has 0 spiro atoms. The van der Waals surface area contributed by atoms with E-state index in [9.17, 15) is 14.4 Å². The highest BCUT2D eigenvalue weighted by molar-refractivity contribution is 6.11. The average molecular weight is 442 g/mol. The van der Waals surface area contributed by atoms with E-state index in [4.69, 9.17) is 0 Å². The first-order valence-corrected chi connectivity index (χ1v) is 11.3. The number of benzene rings is 2. The van der Waals surface area contributed by atoms with Gasteiger partial charge in [-0.15, -0.1) is 0 Å². The third-order valence-electron chi connectivity index (χ3n) is 7.00. The lowest BCUT2D eigenvalue weighted by Crippen LogP contribution is -2.41. The maximum Gasteiger partial charge on any atom is 0.325 e. The number of rotatable bonds is 5. The summed E-state index contributed by atoms with van der Waals surface area (Å²) >= 11 is 0. The van der Waals surface area contributed by atoms with E-state index < -0.39 is 17.5 Å². The van der Waals surface area contributed by atoms with E-state index in [2.05, 4.69) is 11.4 Å². The molecule has 1 aromatic heterocycles. The second-order valence-corrected chi connectivity index (χ2v) is 9.16. The van der Waals surface area contributed by atoms with Crippen molar-refractivity contribution in [3.05, 3.63) is 88.2 Å². The van der Waals surface area contributed by atoms with Crippen LogP contribution in [0.5, 0.6) is 0 Å². The zero-order chi connectivity index (χ0) is 23.3. The van der Waals surface area contributed by atoms with Crippen LogP contribution in [-0.4, -0.2) is 33.7 Å². The zero-order valence-electron chi connectivity index (χ0n) is 19.1. The number of carbonyl (C=O) groups is 3. The summed E-state index contributed by atoms with van der Waals surface area (Å²) in [6.07, 6.45) is 3.15. The number of fused-ring (bicyclic) bond motifs is 1. The van der Waals surface area contributed by atoms with Gasteiger partial charge in [-0.1, -0.05) is 36.4 Å². The van der Waals surface area contributed by atoms with Gasteiger partial charge in [-0.2, -0.15) is 0 Å². The van der Waals surface area contributed by atoms with Crippen molar-refractivity contribution >= 4 is 17.7 Å². The SMILES string of the molecule is Cc1cc(C(=O)CN2C(=O)N[C@](C)(c3ccc4c(c3)CCC4)C2=O)c(C)n1-c1ccccc1. The Morgan fingerprint density at radius 2 is 1.73 bits per heavy atom. The standard InChI is InChI=1S/C27H27N3O3/c1-17-14-23(18(2)30(17)22-10-5-4-6-11-22)24(31)16-29-25(32)27(3,28-26(29)33)21-13-12-19-8-7-9-20(19)15-21/h4-6,10-15H,7-9,16H2,1-3H3,(H,28,33)/t27-/m1/s1. The first-order chi connectivity index (χ1) is 15.8. The molecule has 168 valence electrons. The molecule has 0 bridgehead atoms. The Morgan fingerprint density at radius 1 is 1.00 bits per heavy atom. The molecule has 1 N–H and O–H groups in total. The van der Waals surface area contributed by atoms with Gasteiger partial charge >= 0.3 is 6.03 Å². The van der Waals surface area contributed by atoms with E-state index in [-0.39, 0.29) is 12.3 Å². The van der Waals surface area contributed by atoms with E-state index >= 15 is 0 Å². The minimum Gasteiger partial charge on any atom is -0.319 e. The second kappa shape index (κ2) is 7.73. The maximum atomic E-state index is 13.4. The van der Waals surface area contributed by atoms with Crippen LogP contribution in [0.1, 0.15) is 51.8 Å².